The third-order valence-corrected chi connectivity index (χ3v) is 4.97. The van der Waals surface area contributed by atoms with E-state index in [4.69, 9.17) is 9.97 Å². The van der Waals surface area contributed by atoms with E-state index in [0.29, 0.717) is 11.3 Å². The number of hydrogen-bond acceptors (Lipinski definition) is 3. The van der Waals surface area contributed by atoms with Crippen LogP contribution in [0.1, 0.15) is 71.8 Å². The number of rotatable bonds is 4. The van der Waals surface area contributed by atoms with Crippen LogP contribution in [0.25, 0.3) is 0 Å². The summed E-state index contributed by atoms with van der Waals surface area (Å²) in [5.41, 5.74) is 1.59. The number of hydrogen-bond donors (Lipinski definition) is 1. The van der Waals surface area contributed by atoms with E-state index in [9.17, 15) is 0 Å². The standard InChI is InChI=1S/C16H26IN3/c1-7-8-18-14-11(17)12(15(2,3)4)19-13(20-14)10-9-16(10,5)6/h10H,7-9H2,1-6H3,(H,18,19,20). The molecule has 1 unspecified atom stereocenters. The molecule has 1 aromatic heterocycles. The Hall–Kier alpha value is -0.390. The van der Waals surface area contributed by atoms with Gasteiger partial charge in [-0.05, 0) is 40.8 Å². The van der Waals surface area contributed by atoms with E-state index < -0.39 is 0 Å². The fourth-order valence-corrected chi connectivity index (χ4v) is 3.63. The van der Waals surface area contributed by atoms with Crippen LogP contribution in [0.5, 0.6) is 0 Å². The average Bonchev–Trinajstić information content (AvgIpc) is 2.95. The molecule has 0 saturated heterocycles. The summed E-state index contributed by atoms with van der Waals surface area (Å²) < 4.78 is 1.17. The quantitative estimate of drug-likeness (QED) is 0.761. The first-order valence-electron chi connectivity index (χ1n) is 7.48. The first-order chi connectivity index (χ1) is 9.16. The van der Waals surface area contributed by atoms with E-state index in [0.717, 1.165) is 24.6 Å². The Morgan fingerprint density at radius 3 is 2.35 bits per heavy atom. The fourth-order valence-electron chi connectivity index (χ4n) is 2.39. The van der Waals surface area contributed by atoms with Gasteiger partial charge in [0.05, 0.1) is 9.26 Å². The molecule has 3 nitrogen and oxygen atoms in total. The summed E-state index contributed by atoms with van der Waals surface area (Å²) in [5.74, 6) is 2.56. The topological polar surface area (TPSA) is 37.8 Å². The van der Waals surface area contributed by atoms with Crippen LogP contribution in [0.3, 0.4) is 0 Å². The second-order valence-electron chi connectivity index (χ2n) is 7.52. The van der Waals surface area contributed by atoms with E-state index >= 15 is 0 Å². The van der Waals surface area contributed by atoms with Gasteiger partial charge in [-0.2, -0.15) is 0 Å². The summed E-state index contributed by atoms with van der Waals surface area (Å²) in [6.45, 7) is 14.4. The minimum atomic E-state index is 0.0515. The van der Waals surface area contributed by atoms with Crippen LogP contribution in [0.4, 0.5) is 5.82 Å². The van der Waals surface area contributed by atoms with Crippen LogP contribution < -0.4 is 5.32 Å². The summed E-state index contributed by atoms with van der Waals surface area (Å²) in [6.07, 6.45) is 2.31. The molecule has 112 valence electrons. The molecule has 1 saturated carbocycles. The van der Waals surface area contributed by atoms with Crippen LogP contribution >= 0.6 is 22.6 Å². The molecule has 0 spiro atoms. The van der Waals surface area contributed by atoms with Crippen molar-refractivity contribution in [2.24, 2.45) is 5.41 Å². The van der Waals surface area contributed by atoms with Gasteiger partial charge in [-0.3, -0.25) is 0 Å². The molecule has 0 radical (unpaired) electrons. The molecule has 1 aliphatic carbocycles. The third kappa shape index (κ3) is 3.26. The van der Waals surface area contributed by atoms with Crippen molar-refractivity contribution in [3.05, 3.63) is 15.1 Å². The lowest BCUT2D eigenvalue weighted by molar-refractivity contribution is 0.550. The summed E-state index contributed by atoms with van der Waals surface area (Å²) in [5, 5.41) is 3.47. The molecular weight excluding hydrogens is 361 g/mol. The van der Waals surface area contributed by atoms with E-state index in [1.807, 2.05) is 0 Å². The molecule has 20 heavy (non-hydrogen) atoms. The van der Waals surface area contributed by atoms with Gasteiger partial charge in [0, 0.05) is 17.9 Å². The predicted octanol–water partition coefficient (Wildman–Crippen LogP) is 4.71. The minimum absolute atomic E-state index is 0.0515. The van der Waals surface area contributed by atoms with Gasteiger partial charge in [-0.15, -0.1) is 0 Å². The van der Waals surface area contributed by atoms with Crippen LogP contribution in [0.15, 0.2) is 0 Å². The van der Waals surface area contributed by atoms with E-state index in [2.05, 4.69) is 69.5 Å². The van der Waals surface area contributed by atoms with Gasteiger partial charge in [0.1, 0.15) is 11.6 Å². The van der Waals surface area contributed by atoms with Crippen molar-refractivity contribution < 1.29 is 0 Å². The zero-order valence-corrected chi connectivity index (χ0v) is 15.6. The summed E-state index contributed by atoms with van der Waals surface area (Å²) in [7, 11) is 0. The zero-order valence-electron chi connectivity index (χ0n) is 13.5. The lowest BCUT2D eigenvalue weighted by atomic mass is 9.91. The van der Waals surface area contributed by atoms with E-state index in [1.54, 1.807) is 0 Å². The first-order valence-corrected chi connectivity index (χ1v) is 8.56. The Morgan fingerprint density at radius 1 is 1.30 bits per heavy atom. The van der Waals surface area contributed by atoms with Crippen molar-refractivity contribution in [2.75, 3.05) is 11.9 Å². The maximum absolute atomic E-state index is 4.91. The smallest absolute Gasteiger partial charge is 0.143 e. The molecule has 4 heteroatoms. The Labute approximate surface area is 136 Å². The Morgan fingerprint density at radius 2 is 1.90 bits per heavy atom. The SMILES string of the molecule is CCCNc1nc(C2CC2(C)C)nc(C(C)(C)C)c1I. The molecular formula is C16H26IN3. The van der Waals surface area contributed by atoms with Gasteiger partial charge >= 0.3 is 0 Å². The molecule has 0 bridgehead atoms. The zero-order chi connectivity index (χ0) is 15.1. The summed E-state index contributed by atoms with van der Waals surface area (Å²) >= 11 is 2.39. The van der Waals surface area contributed by atoms with E-state index in [-0.39, 0.29) is 5.41 Å². The molecule has 1 atom stereocenters. The Bertz CT molecular complexity index is 503. The highest BCUT2D eigenvalue weighted by atomic mass is 127. The van der Waals surface area contributed by atoms with Gasteiger partial charge in [-0.25, -0.2) is 9.97 Å². The van der Waals surface area contributed by atoms with Crippen molar-refractivity contribution in [1.82, 2.24) is 9.97 Å². The highest BCUT2D eigenvalue weighted by Crippen LogP contribution is 2.57. The number of anilines is 1. The Balaban J connectivity index is 2.44. The van der Waals surface area contributed by atoms with Crippen LogP contribution in [0.2, 0.25) is 0 Å². The number of aromatic nitrogens is 2. The van der Waals surface area contributed by atoms with E-state index in [1.165, 1.54) is 15.7 Å². The number of halogens is 1. The molecule has 2 rings (SSSR count). The number of nitrogens with one attached hydrogen (secondary N) is 1. The minimum Gasteiger partial charge on any atom is -0.369 e. The average molecular weight is 387 g/mol. The maximum Gasteiger partial charge on any atom is 0.143 e. The molecule has 1 fully saturated rings. The summed E-state index contributed by atoms with van der Waals surface area (Å²) in [6, 6.07) is 0. The molecule has 1 aliphatic rings. The lowest BCUT2D eigenvalue weighted by Crippen LogP contribution is -2.20. The molecule has 0 aromatic carbocycles. The fraction of sp³-hybridized carbons (Fsp3) is 0.750. The van der Waals surface area contributed by atoms with Crippen molar-refractivity contribution >= 4 is 28.4 Å². The Kier molecular flexibility index (Phi) is 4.34. The monoisotopic (exact) mass is 387 g/mol. The van der Waals surface area contributed by atoms with Gasteiger partial charge in [-0.1, -0.05) is 41.5 Å². The lowest BCUT2D eigenvalue weighted by Gasteiger charge is -2.22. The van der Waals surface area contributed by atoms with Crippen molar-refractivity contribution in [3.63, 3.8) is 0 Å². The van der Waals surface area contributed by atoms with Crippen molar-refractivity contribution in [1.29, 1.82) is 0 Å². The second kappa shape index (κ2) is 5.43. The van der Waals surface area contributed by atoms with Crippen LogP contribution in [0, 0.1) is 8.99 Å². The normalized spacial score (nSPS) is 20.9. The molecule has 1 N–H and O–H groups in total. The highest BCUT2D eigenvalue weighted by molar-refractivity contribution is 14.1. The van der Waals surface area contributed by atoms with Gasteiger partial charge in [0.25, 0.3) is 0 Å². The second-order valence-corrected chi connectivity index (χ2v) is 8.59. The van der Waals surface area contributed by atoms with Gasteiger partial charge in [0.15, 0.2) is 0 Å². The number of nitrogens with zero attached hydrogens (tertiary/aromatic N) is 2. The van der Waals surface area contributed by atoms with Crippen molar-refractivity contribution in [3.8, 4) is 0 Å². The van der Waals surface area contributed by atoms with Crippen LogP contribution in [-0.4, -0.2) is 16.5 Å². The molecule has 0 amide bonds. The predicted molar refractivity (Wildman–Crippen MR) is 93.4 cm³/mol. The molecule has 0 aliphatic heterocycles. The first kappa shape index (κ1) is 16.0. The molecule has 1 heterocycles. The van der Waals surface area contributed by atoms with Gasteiger partial charge in [0.2, 0.25) is 0 Å². The highest BCUT2D eigenvalue weighted by Gasteiger charge is 2.49. The summed E-state index contributed by atoms with van der Waals surface area (Å²) in [4.78, 5) is 9.72. The van der Waals surface area contributed by atoms with Crippen LogP contribution in [-0.2, 0) is 5.41 Å². The third-order valence-electron chi connectivity index (χ3n) is 3.95. The van der Waals surface area contributed by atoms with Gasteiger partial charge < -0.3 is 5.32 Å². The largest absolute Gasteiger partial charge is 0.369 e. The molecule has 1 aromatic rings. The maximum atomic E-state index is 4.91. The van der Waals surface area contributed by atoms with Crippen molar-refractivity contribution in [2.45, 2.75) is 65.7 Å².